The van der Waals surface area contributed by atoms with Crippen LogP contribution in [0.5, 0.6) is 0 Å². The van der Waals surface area contributed by atoms with Gasteiger partial charge in [0.15, 0.2) is 0 Å². The molecule has 1 atom stereocenters. The van der Waals surface area contributed by atoms with Gasteiger partial charge in [0, 0.05) is 24.9 Å². The van der Waals surface area contributed by atoms with E-state index in [1.165, 1.54) is 5.56 Å². The Labute approximate surface area is 66.0 Å². The first kappa shape index (κ1) is 6.40. The van der Waals surface area contributed by atoms with Crippen LogP contribution in [-0.4, -0.2) is 11.5 Å². The second-order valence-corrected chi connectivity index (χ2v) is 2.66. The van der Waals surface area contributed by atoms with E-state index < -0.39 is 0 Å². The van der Waals surface area contributed by atoms with Gasteiger partial charge in [0.2, 0.25) is 0 Å². The van der Waals surface area contributed by atoms with Crippen LogP contribution in [-0.2, 0) is 0 Å². The molecule has 0 aliphatic carbocycles. The number of pyridine rings is 1. The molecule has 1 aliphatic heterocycles. The van der Waals surface area contributed by atoms with Crippen molar-refractivity contribution in [3.05, 3.63) is 42.4 Å². The predicted octanol–water partition coefficient (Wildman–Crippen LogP) is 1.28. The lowest BCUT2D eigenvalue weighted by molar-refractivity contribution is 0.809. The Balaban J connectivity index is 2.23. The number of aromatic nitrogens is 1. The third-order valence-corrected chi connectivity index (χ3v) is 1.90. The van der Waals surface area contributed by atoms with Gasteiger partial charge in [-0.2, -0.15) is 0 Å². The van der Waals surface area contributed by atoms with Gasteiger partial charge in [-0.25, -0.2) is 0 Å². The average molecular weight is 146 g/mol. The Kier molecular flexibility index (Phi) is 1.60. The largest absolute Gasteiger partial charge is 0.390 e. The van der Waals surface area contributed by atoms with E-state index in [1.54, 1.807) is 6.20 Å². The first-order chi connectivity index (χ1) is 5.47. The van der Waals surface area contributed by atoms with E-state index >= 15 is 0 Å². The number of rotatable bonds is 1. The Morgan fingerprint density at radius 2 is 2.55 bits per heavy atom. The fourth-order valence-corrected chi connectivity index (χ4v) is 1.27. The molecule has 0 saturated heterocycles. The highest BCUT2D eigenvalue weighted by molar-refractivity contribution is 5.22. The van der Waals surface area contributed by atoms with Crippen molar-refractivity contribution in [3.8, 4) is 0 Å². The molecule has 0 radical (unpaired) electrons. The maximum Gasteiger partial charge on any atom is 0.0306 e. The highest BCUT2D eigenvalue weighted by Crippen LogP contribution is 2.17. The summed E-state index contributed by atoms with van der Waals surface area (Å²) in [6, 6.07) is 4.08. The standard InChI is InChI=1S/C9H10N2/c1-2-8(6-10-4-1)9-3-5-11-7-9/h1-6,9,11H,7H2. The summed E-state index contributed by atoms with van der Waals surface area (Å²) < 4.78 is 0. The topological polar surface area (TPSA) is 24.9 Å². The molecule has 0 spiro atoms. The van der Waals surface area contributed by atoms with Crippen molar-refractivity contribution in [2.24, 2.45) is 0 Å². The van der Waals surface area contributed by atoms with Crippen molar-refractivity contribution in [1.82, 2.24) is 10.3 Å². The van der Waals surface area contributed by atoms with Gasteiger partial charge < -0.3 is 5.32 Å². The molecule has 1 aromatic rings. The normalized spacial score (nSPS) is 21.6. The number of nitrogens with one attached hydrogen (secondary N) is 1. The third kappa shape index (κ3) is 1.24. The zero-order valence-corrected chi connectivity index (χ0v) is 6.20. The first-order valence-corrected chi connectivity index (χ1v) is 3.77. The molecule has 0 bridgehead atoms. The summed E-state index contributed by atoms with van der Waals surface area (Å²) in [4.78, 5) is 4.07. The van der Waals surface area contributed by atoms with Gasteiger partial charge in [0.1, 0.15) is 0 Å². The Morgan fingerprint density at radius 3 is 3.18 bits per heavy atom. The van der Waals surface area contributed by atoms with Crippen molar-refractivity contribution in [2.75, 3.05) is 6.54 Å². The molecule has 1 aliphatic rings. The van der Waals surface area contributed by atoms with E-state index in [0.717, 1.165) is 6.54 Å². The van der Waals surface area contributed by atoms with Crippen LogP contribution in [0.2, 0.25) is 0 Å². The molecular weight excluding hydrogens is 136 g/mol. The monoisotopic (exact) mass is 146 g/mol. The smallest absolute Gasteiger partial charge is 0.0306 e. The fourth-order valence-electron chi connectivity index (χ4n) is 1.27. The lowest BCUT2D eigenvalue weighted by Gasteiger charge is -2.05. The van der Waals surface area contributed by atoms with Gasteiger partial charge in [0.25, 0.3) is 0 Å². The molecule has 0 amide bonds. The molecule has 56 valence electrons. The van der Waals surface area contributed by atoms with E-state index in [2.05, 4.69) is 22.4 Å². The molecule has 2 rings (SSSR count). The molecular formula is C9H10N2. The summed E-state index contributed by atoms with van der Waals surface area (Å²) in [5.41, 5.74) is 1.29. The Hall–Kier alpha value is -1.31. The molecule has 0 aromatic carbocycles. The first-order valence-electron chi connectivity index (χ1n) is 3.77. The van der Waals surface area contributed by atoms with Crippen LogP contribution in [0.25, 0.3) is 0 Å². The van der Waals surface area contributed by atoms with Crippen molar-refractivity contribution >= 4 is 0 Å². The van der Waals surface area contributed by atoms with Crippen LogP contribution >= 0.6 is 0 Å². The van der Waals surface area contributed by atoms with Crippen molar-refractivity contribution in [2.45, 2.75) is 5.92 Å². The molecule has 1 unspecified atom stereocenters. The minimum absolute atomic E-state index is 0.517. The minimum atomic E-state index is 0.517. The highest BCUT2D eigenvalue weighted by Gasteiger charge is 2.09. The number of hydrogen-bond donors (Lipinski definition) is 1. The molecule has 1 aromatic heterocycles. The molecule has 2 nitrogen and oxygen atoms in total. The summed E-state index contributed by atoms with van der Waals surface area (Å²) in [7, 11) is 0. The molecule has 0 fully saturated rings. The second-order valence-electron chi connectivity index (χ2n) is 2.66. The van der Waals surface area contributed by atoms with Gasteiger partial charge in [-0.1, -0.05) is 12.1 Å². The average Bonchev–Trinajstić information content (AvgIpc) is 2.58. The number of nitrogens with zero attached hydrogens (tertiary/aromatic N) is 1. The molecule has 2 heteroatoms. The molecule has 0 saturated carbocycles. The predicted molar refractivity (Wildman–Crippen MR) is 44.1 cm³/mol. The summed E-state index contributed by atoms with van der Waals surface area (Å²) in [5.74, 6) is 0.517. The van der Waals surface area contributed by atoms with E-state index in [-0.39, 0.29) is 0 Å². The maximum atomic E-state index is 4.07. The van der Waals surface area contributed by atoms with Gasteiger partial charge in [-0.15, -0.1) is 0 Å². The third-order valence-electron chi connectivity index (χ3n) is 1.90. The fraction of sp³-hybridized carbons (Fsp3) is 0.222. The molecule has 1 N–H and O–H groups in total. The van der Waals surface area contributed by atoms with Gasteiger partial charge in [0.05, 0.1) is 0 Å². The summed E-state index contributed by atoms with van der Waals surface area (Å²) in [6.07, 6.45) is 7.88. The van der Waals surface area contributed by atoms with E-state index in [9.17, 15) is 0 Å². The summed E-state index contributed by atoms with van der Waals surface area (Å²) in [6.45, 7) is 1.01. The lowest BCUT2D eigenvalue weighted by Crippen LogP contribution is -2.06. The van der Waals surface area contributed by atoms with Crippen LogP contribution in [0, 0.1) is 0 Å². The Morgan fingerprint density at radius 1 is 1.55 bits per heavy atom. The highest BCUT2D eigenvalue weighted by atomic mass is 14.9. The minimum Gasteiger partial charge on any atom is -0.390 e. The number of hydrogen-bond acceptors (Lipinski definition) is 2. The van der Waals surface area contributed by atoms with E-state index in [4.69, 9.17) is 0 Å². The van der Waals surface area contributed by atoms with Gasteiger partial charge in [-0.05, 0) is 17.8 Å². The zero-order chi connectivity index (χ0) is 7.52. The van der Waals surface area contributed by atoms with Crippen LogP contribution in [0.15, 0.2) is 36.8 Å². The van der Waals surface area contributed by atoms with Crippen molar-refractivity contribution < 1.29 is 0 Å². The quantitative estimate of drug-likeness (QED) is 0.645. The van der Waals surface area contributed by atoms with Crippen LogP contribution in [0.3, 0.4) is 0 Å². The summed E-state index contributed by atoms with van der Waals surface area (Å²) >= 11 is 0. The van der Waals surface area contributed by atoms with E-state index in [0.29, 0.717) is 5.92 Å². The SMILES string of the molecule is C1=CC(c2cccnc2)CN1. The van der Waals surface area contributed by atoms with Crippen LogP contribution < -0.4 is 5.32 Å². The summed E-state index contributed by atoms with van der Waals surface area (Å²) in [5, 5.41) is 3.16. The molecule has 11 heavy (non-hydrogen) atoms. The van der Waals surface area contributed by atoms with E-state index in [1.807, 2.05) is 18.5 Å². The zero-order valence-electron chi connectivity index (χ0n) is 6.20. The van der Waals surface area contributed by atoms with Crippen molar-refractivity contribution in [1.29, 1.82) is 0 Å². The van der Waals surface area contributed by atoms with Crippen LogP contribution in [0.1, 0.15) is 11.5 Å². The second kappa shape index (κ2) is 2.74. The molecule has 2 heterocycles. The maximum absolute atomic E-state index is 4.07. The van der Waals surface area contributed by atoms with Gasteiger partial charge >= 0.3 is 0 Å². The lowest BCUT2D eigenvalue weighted by atomic mass is 10.0. The van der Waals surface area contributed by atoms with Crippen LogP contribution in [0.4, 0.5) is 0 Å². The van der Waals surface area contributed by atoms with Crippen molar-refractivity contribution in [3.63, 3.8) is 0 Å². The Bertz CT molecular complexity index is 254. The van der Waals surface area contributed by atoms with Gasteiger partial charge in [-0.3, -0.25) is 4.98 Å².